The molecule has 0 saturated heterocycles. The number of likely N-dealkylation sites (N-methyl/N-ethyl adjacent to an activating group) is 2. The van der Waals surface area contributed by atoms with Crippen molar-refractivity contribution < 1.29 is 19.1 Å². The van der Waals surface area contributed by atoms with E-state index in [1.165, 1.54) is 4.90 Å². The van der Waals surface area contributed by atoms with E-state index >= 15 is 0 Å². The van der Waals surface area contributed by atoms with Gasteiger partial charge in [0, 0.05) is 20.1 Å². The molecular formula is C12H16FN3O3. The highest BCUT2D eigenvalue weighted by atomic mass is 19.1. The van der Waals surface area contributed by atoms with E-state index in [1.54, 1.807) is 14.1 Å². The SMILES string of the molecule is CNCCN(C)C(=O)Nc1cc(F)ccc1C(=O)O. The molecule has 0 spiro atoms. The van der Waals surface area contributed by atoms with Gasteiger partial charge in [0.15, 0.2) is 0 Å². The van der Waals surface area contributed by atoms with Gasteiger partial charge >= 0.3 is 12.0 Å². The molecule has 0 unspecified atom stereocenters. The number of aromatic carboxylic acids is 1. The number of anilines is 1. The summed E-state index contributed by atoms with van der Waals surface area (Å²) in [6.45, 7) is 1.04. The van der Waals surface area contributed by atoms with E-state index in [0.717, 1.165) is 18.2 Å². The third-order valence-corrected chi connectivity index (χ3v) is 2.50. The van der Waals surface area contributed by atoms with Crippen LogP contribution in [0.4, 0.5) is 14.9 Å². The summed E-state index contributed by atoms with van der Waals surface area (Å²) in [5, 5.41) is 14.2. The van der Waals surface area contributed by atoms with E-state index in [4.69, 9.17) is 5.11 Å². The van der Waals surface area contributed by atoms with Gasteiger partial charge in [-0.05, 0) is 25.2 Å². The van der Waals surface area contributed by atoms with Gasteiger partial charge < -0.3 is 20.6 Å². The third kappa shape index (κ3) is 4.22. The maximum absolute atomic E-state index is 13.1. The van der Waals surface area contributed by atoms with Crippen molar-refractivity contribution in [1.82, 2.24) is 10.2 Å². The molecule has 2 amide bonds. The zero-order valence-electron chi connectivity index (χ0n) is 10.7. The first-order valence-corrected chi connectivity index (χ1v) is 5.65. The molecule has 3 N–H and O–H groups in total. The number of carboxylic acid groups (broad SMARTS) is 1. The number of carboxylic acids is 1. The fourth-order valence-electron chi connectivity index (χ4n) is 1.40. The minimum Gasteiger partial charge on any atom is -0.478 e. The topological polar surface area (TPSA) is 81.7 Å². The lowest BCUT2D eigenvalue weighted by atomic mass is 10.2. The number of carbonyl (C=O) groups is 2. The van der Waals surface area contributed by atoms with Gasteiger partial charge in [-0.3, -0.25) is 0 Å². The number of rotatable bonds is 5. The van der Waals surface area contributed by atoms with Crippen molar-refractivity contribution in [2.45, 2.75) is 0 Å². The monoisotopic (exact) mass is 269 g/mol. The van der Waals surface area contributed by atoms with Gasteiger partial charge in [0.1, 0.15) is 5.82 Å². The Morgan fingerprint density at radius 2 is 2.11 bits per heavy atom. The third-order valence-electron chi connectivity index (χ3n) is 2.50. The largest absolute Gasteiger partial charge is 0.478 e. The molecule has 1 aromatic carbocycles. The van der Waals surface area contributed by atoms with E-state index in [0.29, 0.717) is 13.1 Å². The lowest BCUT2D eigenvalue weighted by Crippen LogP contribution is -2.36. The lowest BCUT2D eigenvalue weighted by molar-refractivity contribution is 0.0698. The summed E-state index contributed by atoms with van der Waals surface area (Å²) in [6, 6.07) is 2.63. The average molecular weight is 269 g/mol. The highest BCUT2D eigenvalue weighted by Crippen LogP contribution is 2.17. The van der Waals surface area contributed by atoms with Gasteiger partial charge in [0.2, 0.25) is 0 Å². The van der Waals surface area contributed by atoms with Crippen LogP contribution >= 0.6 is 0 Å². The van der Waals surface area contributed by atoms with Gasteiger partial charge in [-0.15, -0.1) is 0 Å². The average Bonchev–Trinajstić information content (AvgIpc) is 2.35. The van der Waals surface area contributed by atoms with Crippen molar-refractivity contribution in [3.05, 3.63) is 29.6 Å². The molecule has 104 valence electrons. The van der Waals surface area contributed by atoms with Crippen LogP contribution in [0.1, 0.15) is 10.4 Å². The summed E-state index contributed by atoms with van der Waals surface area (Å²) in [6.07, 6.45) is 0. The standard InChI is InChI=1S/C12H16FN3O3/c1-14-5-6-16(2)12(19)15-10-7-8(13)3-4-9(10)11(17)18/h3-4,7,14H,5-6H2,1-2H3,(H,15,19)(H,17,18). The smallest absolute Gasteiger partial charge is 0.337 e. The highest BCUT2D eigenvalue weighted by molar-refractivity contribution is 5.99. The Labute approximate surface area is 110 Å². The molecule has 0 fully saturated rings. The van der Waals surface area contributed by atoms with Crippen molar-refractivity contribution in [2.75, 3.05) is 32.5 Å². The summed E-state index contributed by atoms with van der Waals surface area (Å²) < 4.78 is 13.1. The summed E-state index contributed by atoms with van der Waals surface area (Å²) in [5.74, 6) is -1.84. The first-order chi connectivity index (χ1) is 8.95. The zero-order valence-corrected chi connectivity index (χ0v) is 10.7. The van der Waals surface area contributed by atoms with E-state index in [2.05, 4.69) is 10.6 Å². The van der Waals surface area contributed by atoms with E-state index in [1.807, 2.05) is 0 Å². The van der Waals surface area contributed by atoms with Gasteiger partial charge in [-0.1, -0.05) is 0 Å². The maximum atomic E-state index is 13.1. The first kappa shape index (κ1) is 14.9. The summed E-state index contributed by atoms with van der Waals surface area (Å²) >= 11 is 0. The second-order valence-electron chi connectivity index (χ2n) is 3.95. The number of hydrogen-bond donors (Lipinski definition) is 3. The number of carbonyl (C=O) groups excluding carboxylic acids is 1. The van der Waals surface area contributed by atoms with Crippen molar-refractivity contribution >= 4 is 17.7 Å². The molecular weight excluding hydrogens is 253 g/mol. The molecule has 0 radical (unpaired) electrons. The van der Waals surface area contributed by atoms with Crippen molar-refractivity contribution in [3.8, 4) is 0 Å². The molecule has 7 heteroatoms. The van der Waals surface area contributed by atoms with Crippen LogP contribution in [0.2, 0.25) is 0 Å². The van der Waals surface area contributed by atoms with Crippen molar-refractivity contribution in [2.24, 2.45) is 0 Å². The fourth-order valence-corrected chi connectivity index (χ4v) is 1.40. The minimum atomic E-state index is -1.23. The van der Waals surface area contributed by atoms with Crippen molar-refractivity contribution in [1.29, 1.82) is 0 Å². The predicted octanol–water partition coefficient (Wildman–Crippen LogP) is 1.21. The van der Waals surface area contributed by atoms with Crippen LogP contribution in [0.5, 0.6) is 0 Å². The van der Waals surface area contributed by atoms with Crippen LogP contribution in [0.3, 0.4) is 0 Å². The number of nitrogens with zero attached hydrogens (tertiary/aromatic N) is 1. The molecule has 6 nitrogen and oxygen atoms in total. The number of urea groups is 1. The zero-order chi connectivity index (χ0) is 14.4. The van der Waals surface area contributed by atoms with E-state index < -0.39 is 17.8 Å². The number of hydrogen-bond acceptors (Lipinski definition) is 3. The Balaban J connectivity index is 2.83. The van der Waals surface area contributed by atoms with Gasteiger partial charge in [-0.25, -0.2) is 14.0 Å². The summed E-state index contributed by atoms with van der Waals surface area (Å²) in [5.41, 5.74) is -0.217. The minimum absolute atomic E-state index is 0.0613. The van der Waals surface area contributed by atoms with Crippen LogP contribution in [0.15, 0.2) is 18.2 Å². The molecule has 19 heavy (non-hydrogen) atoms. The number of benzene rings is 1. The molecule has 1 aromatic rings. The molecule has 0 aliphatic carbocycles. The predicted molar refractivity (Wildman–Crippen MR) is 68.9 cm³/mol. The maximum Gasteiger partial charge on any atom is 0.337 e. The Morgan fingerprint density at radius 3 is 2.68 bits per heavy atom. The Hall–Kier alpha value is -2.15. The number of nitrogens with one attached hydrogen (secondary N) is 2. The molecule has 0 aliphatic rings. The van der Waals surface area contributed by atoms with Crippen LogP contribution in [0.25, 0.3) is 0 Å². The summed E-state index contributed by atoms with van der Waals surface area (Å²) in [4.78, 5) is 24.1. The van der Waals surface area contributed by atoms with E-state index in [9.17, 15) is 14.0 Å². The first-order valence-electron chi connectivity index (χ1n) is 5.65. The molecule has 0 aromatic heterocycles. The second kappa shape index (κ2) is 6.69. The molecule has 0 atom stereocenters. The highest BCUT2D eigenvalue weighted by Gasteiger charge is 2.15. The Kier molecular flexibility index (Phi) is 5.25. The number of amides is 2. The Morgan fingerprint density at radius 1 is 1.42 bits per heavy atom. The lowest BCUT2D eigenvalue weighted by Gasteiger charge is -2.18. The molecule has 0 heterocycles. The van der Waals surface area contributed by atoms with Gasteiger partial charge in [-0.2, -0.15) is 0 Å². The molecule has 0 bridgehead atoms. The number of halogens is 1. The van der Waals surface area contributed by atoms with Crippen molar-refractivity contribution in [3.63, 3.8) is 0 Å². The van der Waals surface area contributed by atoms with E-state index in [-0.39, 0.29) is 11.3 Å². The fraction of sp³-hybridized carbons (Fsp3) is 0.333. The van der Waals surface area contributed by atoms with Crippen LogP contribution < -0.4 is 10.6 Å². The second-order valence-corrected chi connectivity index (χ2v) is 3.95. The summed E-state index contributed by atoms with van der Waals surface area (Å²) in [7, 11) is 3.31. The van der Waals surface area contributed by atoms with Crippen LogP contribution in [-0.2, 0) is 0 Å². The van der Waals surface area contributed by atoms with Gasteiger partial charge in [0.05, 0.1) is 11.3 Å². The Bertz CT molecular complexity index is 479. The molecule has 0 aliphatic heterocycles. The quantitative estimate of drug-likeness (QED) is 0.750. The molecule has 1 rings (SSSR count). The van der Waals surface area contributed by atoms with Crippen LogP contribution in [-0.4, -0.2) is 49.2 Å². The normalized spacial score (nSPS) is 10.1. The van der Waals surface area contributed by atoms with Crippen LogP contribution in [0, 0.1) is 5.82 Å². The molecule has 0 saturated carbocycles. The van der Waals surface area contributed by atoms with Gasteiger partial charge in [0.25, 0.3) is 0 Å².